The van der Waals surface area contributed by atoms with Crippen LogP contribution in [0.1, 0.15) is 17.7 Å². The van der Waals surface area contributed by atoms with E-state index in [4.69, 9.17) is 11.6 Å². The molecule has 1 unspecified atom stereocenters. The molecule has 5 nitrogen and oxygen atoms in total. The molecule has 2 aromatic carbocycles. The molecule has 0 saturated carbocycles. The van der Waals surface area contributed by atoms with Crippen LogP contribution in [0.2, 0.25) is 5.02 Å². The van der Waals surface area contributed by atoms with Crippen molar-refractivity contribution >= 4 is 39.3 Å². The molecule has 0 bridgehead atoms. The third-order valence-electron chi connectivity index (χ3n) is 4.84. The van der Waals surface area contributed by atoms with Gasteiger partial charge in [-0.2, -0.15) is 4.31 Å². The Balaban J connectivity index is 1.51. The van der Waals surface area contributed by atoms with E-state index in [1.807, 2.05) is 6.92 Å². The van der Waals surface area contributed by atoms with Gasteiger partial charge in [0, 0.05) is 36.5 Å². The molecular weight excluding hydrogens is 435 g/mol. The van der Waals surface area contributed by atoms with Crippen molar-refractivity contribution < 1.29 is 17.6 Å². The molecule has 0 aromatic heterocycles. The van der Waals surface area contributed by atoms with Crippen LogP contribution >= 0.6 is 23.4 Å². The summed E-state index contributed by atoms with van der Waals surface area (Å²) in [6.07, 6.45) is 0. The van der Waals surface area contributed by atoms with Gasteiger partial charge in [0.2, 0.25) is 15.9 Å². The summed E-state index contributed by atoms with van der Waals surface area (Å²) in [5.41, 5.74) is 0.961. The van der Waals surface area contributed by atoms with Gasteiger partial charge in [0.15, 0.2) is 0 Å². The van der Waals surface area contributed by atoms with E-state index in [1.165, 1.54) is 40.3 Å². The first-order valence-electron chi connectivity index (χ1n) is 9.18. The van der Waals surface area contributed by atoms with Gasteiger partial charge in [-0.15, -0.1) is 11.8 Å². The molecule has 3 rings (SSSR count). The second-order valence-corrected chi connectivity index (χ2v) is 10.4. The highest BCUT2D eigenvalue weighted by Crippen LogP contribution is 2.28. The zero-order valence-electron chi connectivity index (χ0n) is 15.9. The van der Waals surface area contributed by atoms with Crippen LogP contribution < -0.4 is 0 Å². The van der Waals surface area contributed by atoms with Gasteiger partial charge in [0.1, 0.15) is 5.82 Å². The highest BCUT2D eigenvalue weighted by Gasteiger charge is 2.30. The largest absolute Gasteiger partial charge is 0.339 e. The van der Waals surface area contributed by atoms with Crippen molar-refractivity contribution in [3.8, 4) is 0 Å². The minimum Gasteiger partial charge on any atom is -0.339 e. The molecule has 0 aliphatic carbocycles. The van der Waals surface area contributed by atoms with E-state index in [0.717, 1.165) is 5.56 Å². The fourth-order valence-electron chi connectivity index (χ4n) is 3.05. The van der Waals surface area contributed by atoms with E-state index in [1.54, 1.807) is 29.2 Å². The van der Waals surface area contributed by atoms with Gasteiger partial charge < -0.3 is 4.90 Å². The summed E-state index contributed by atoms with van der Waals surface area (Å²) in [5.74, 6) is -0.0105. The Bertz CT molecular complexity index is 945. The summed E-state index contributed by atoms with van der Waals surface area (Å²) in [4.78, 5) is 14.4. The van der Waals surface area contributed by atoms with Crippen molar-refractivity contribution in [2.24, 2.45) is 0 Å². The average Bonchev–Trinajstić information content (AvgIpc) is 2.72. The Morgan fingerprint density at radius 2 is 1.66 bits per heavy atom. The topological polar surface area (TPSA) is 57.7 Å². The van der Waals surface area contributed by atoms with Crippen molar-refractivity contribution in [1.82, 2.24) is 9.21 Å². The molecule has 0 N–H and O–H groups in total. The number of carbonyl (C=O) groups is 1. The fraction of sp³-hybridized carbons (Fsp3) is 0.350. The maximum Gasteiger partial charge on any atom is 0.243 e. The summed E-state index contributed by atoms with van der Waals surface area (Å²) in [7, 11) is -3.59. The number of sulfonamides is 1. The summed E-state index contributed by atoms with van der Waals surface area (Å²) in [6.45, 7) is 3.21. The van der Waals surface area contributed by atoms with Crippen LogP contribution in [0.3, 0.4) is 0 Å². The molecule has 156 valence electrons. The Morgan fingerprint density at radius 3 is 2.24 bits per heavy atom. The van der Waals surface area contributed by atoms with Gasteiger partial charge in [-0.1, -0.05) is 23.7 Å². The van der Waals surface area contributed by atoms with Crippen LogP contribution in [0, 0.1) is 5.82 Å². The van der Waals surface area contributed by atoms with Gasteiger partial charge in [-0.25, -0.2) is 12.8 Å². The number of hydrogen-bond donors (Lipinski definition) is 0. The number of carbonyl (C=O) groups excluding carboxylic acids is 1. The molecule has 1 heterocycles. The maximum atomic E-state index is 13.0. The van der Waals surface area contributed by atoms with Crippen LogP contribution in [0.25, 0.3) is 0 Å². The second kappa shape index (κ2) is 9.47. The van der Waals surface area contributed by atoms with Gasteiger partial charge in [0.25, 0.3) is 0 Å². The molecule has 2 aromatic rings. The van der Waals surface area contributed by atoms with Gasteiger partial charge >= 0.3 is 0 Å². The van der Waals surface area contributed by atoms with Gasteiger partial charge in [0.05, 0.1) is 10.6 Å². The highest BCUT2D eigenvalue weighted by atomic mass is 35.5. The normalized spacial score (nSPS) is 16.6. The van der Waals surface area contributed by atoms with Crippen LogP contribution in [0.5, 0.6) is 0 Å². The summed E-state index contributed by atoms with van der Waals surface area (Å²) in [6, 6.07) is 12.3. The molecule has 1 saturated heterocycles. The lowest BCUT2D eigenvalue weighted by Crippen LogP contribution is -2.51. The van der Waals surface area contributed by atoms with Crippen molar-refractivity contribution in [1.29, 1.82) is 0 Å². The predicted octanol–water partition coefficient (Wildman–Crippen LogP) is 3.81. The van der Waals surface area contributed by atoms with E-state index in [0.29, 0.717) is 23.9 Å². The first kappa shape index (κ1) is 22.1. The predicted molar refractivity (Wildman–Crippen MR) is 114 cm³/mol. The van der Waals surface area contributed by atoms with E-state index in [2.05, 4.69) is 0 Å². The summed E-state index contributed by atoms with van der Waals surface area (Å²) < 4.78 is 39.9. The van der Waals surface area contributed by atoms with Crippen LogP contribution in [-0.4, -0.2) is 55.5 Å². The number of amides is 1. The lowest BCUT2D eigenvalue weighted by atomic mass is 10.2. The van der Waals surface area contributed by atoms with Crippen LogP contribution in [0.15, 0.2) is 53.4 Å². The zero-order valence-corrected chi connectivity index (χ0v) is 18.3. The lowest BCUT2D eigenvalue weighted by Gasteiger charge is -2.34. The smallest absolute Gasteiger partial charge is 0.243 e. The summed E-state index contributed by atoms with van der Waals surface area (Å²) in [5, 5.41) is 0.540. The minimum absolute atomic E-state index is 0.0208. The Kier molecular flexibility index (Phi) is 7.21. The van der Waals surface area contributed by atoms with E-state index < -0.39 is 10.0 Å². The second-order valence-electron chi connectivity index (χ2n) is 6.74. The maximum absolute atomic E-state index is 13.0. The Labute approximate surface area is 179 Å². The molecule has 9 heteroatoms. The first-order valence-corrected chi connectivity index (χ1v) is 12.0. The number of halogens is 2. The van der Waals surface area contributed by atoms with Crippen LogP contribution in [0.4, 0.5) is 4.39 Å². The molecule has 1 aliphatic rings. The monoisotopic (exact) mass is 456 g/mol. The molecule has 0 radical (unpaired) electrons. The minimum atomic E-state index is -3.59. The Morgan fingerprint density at radius 1 is 1.07 bits per heavy atom. The molecule has 1 amide bonds. The van der Waals surface area contributed by atoms with Crippen LogP contribution in [-0.2, 0) is 14.8 Å². The molecule has 1 aliphatic heterocycles. The Hall–Kier alpha value is -1.61. The SMILES string of the molecule is CC(SCC(=O)N1CCN(S(=O)(=O)c2ccc(Cl)cc2)CC1)c1ccc(F)cc1. The van der Waals surface area contributed by atoms with Crippen molar-refractivity contribution in [3.63, 3.8) is 0 Å². The molecule has 29 heavy (non-hydrogen) atoms. The first-order chi connectivity index (χ1) is 13.8. The number of rotatable bonds is 6. The standard InChI is InChI=1S/C20H22ClFN2O3S2/c1-15(16-2-6-18(22)7-3-16)28-14-20(25)23-10-12-24(13-11-23)29(26,27)19-8-4-17(21)5-9-19/h2-9,15H,10-14H2,1H3. The number of nitrogens with zero attached hydrogens (tertiary/aromatic N) is 2. The number of thioether (sulfide) groups is 1. The number of hydrogen-bond acceptors (Lipinski definition) is 4. The van der Waals surface area contributed by atoms with E-state index in [-0.39, 0.29) is 35.0 Å². The number of benzene rings is 2. The molecular formula is C20H22ClFN2O3S2. The summed E-state index contributed by atoms with van der Waals surface area (Å²) >= 11 is 7.31. The van der Waals surface area contributed by atoms with E-state index >= 15 is 0 Å². The van der Waals surface area contributed by atoms with Crippen molar-refractivity contribution in [2.75, 3.05) is 31.9 Å². The fourth-order valence-corrected chi connectivity index (χ4v) is 5.52. The zero-order chi connectivity index (χ0) is 21.0. The quantitative estimate of drug-likeness (QED) is 0.663. The van der Waals surface area contributed by atoms with Gasteiger partial charge in [-0.3, -0.25) is 4.79 Å². The van der Waals surface area contributed by atoms with Gasteiger partial charge in [-0.05, 0) is 48.9 Å². The highest BCUT2D eigenvalue weighted by molar-refractivity contribution is 8.00. The van der Waals surface area contributed by atoms with Crippen molar-refractivity contribution in [2.45, 2.75) is 17.1 Å². The molecule has 1 atom stereocenters. The number of piperazine rings is 1. The average molecular weight is 457 g/mol. The third-order valence-corrected chi connectivity index (χ3v) is 8.19. The third kappa shape index (κ3) is 5.51. The molecule has 0 spiro atoms. The lowest BCUT2D eigenvalue weighted by molar-refractivity contribution is -0.129. The molecule has 1 fully saturated rings. The van der Waals surface area contributed by atoms with Crippen molar-refractivity contribution in [3.05, 3.63) is 64.9 Å². The van der Waals surface area contributed by atoms with E-state index in [9.17, 15) is 17.6 Å².